The van der Waals surface area contributed by atoms with Gasteiger partial charge in [0.15, 0.2) is 0 Å². The van der Waals surface area contributed by atoms with Crippen molar-refractivity contribution in [3.8, 4) is 0 Å². The Kier molecular flexibility index (Phi) is 2.72. The van der Waals surface area contributed by atoms with Crippen LogP contribution < -0.4 is 0 Å². The average molecular weight is 283 g/mol. The Morgan fingerprint density at radius 1 is 1.50 bits per heavy atom. The summed E-state index contributed by atoms with van der Waals surface area (Å²) >= 11 is 0. The maximum Gasteiger partial charge on any atom is 0.274 e. The molecule has 20 heavy (non-hydrogen) atoms. The molecule has 0 N–H and O–H groups in total. The lowest BCUT2D eigenvalue weighted by Gasteiger charge is -2.27. The summed E-state index contributed by atoms with van der Waals surface area (Å²) in [7, 11) is 0. The Balaban J connectivity index is 1.73. The first-order valence-electron chi connectivity index (χ1n) is 6.99. The van der Waals surface area contributed by atoms with Gasteiger partial charge in [-0.1, -0.05) is 6.92 Å². The van der Waals surface area contributed by atoms with Gasteiger partial charge in [-0.3, -0.25) is 9.48 Å². The molecule has 2 aliphatic rings. The number of hydrogen-bond donors (Lipinski definition) is 0. The lowest BCUT2D eigenvalue weighted by Crippen LogP contribution is -2.39. The molecule has 1 saturated carbocycles. The second-order valence-corrected chi connectivity index (χ2v) is 6.37. The van der Waals surface area contributed by atoms with Crippen LogP contribution in [0, 0.1) is 11.3 Å². The predicted molar refractivity (Wildman–Crippen MR) is 69.7 cm³/mol. The van der Waals surface area contributed by atoms with Crippen molar-refractivity contribution in [3.05, 3.63) is 18.0 Å². The first-order chi connectivity index (χ1) is 9.27. The van der Waals surface area contributed by atoms with Crippen molar-refractivity contribution in [2.24, 2.45) is 11.3 Å². The number of hydrogen-bond acceptors (Lipinski definition) is 2. The highest BCUT2D eigenvalue weighted by atomic mass is 19.3. The number of likely N-dealkylation sites (tertiary alicyclic amines) is 1. The standard InChI is InChI=1S/C14H19F2N3O/c1-9(2)19-6-4-10(17-19)12(20)18-7-5-13(3)11(8-18)14(13,15)16/h4,6,9,11H,5,7-8H2,1-3H3/t11-,13+/m0/s1. The minimum absolute atomic E-state index is 0.136. The van der Waals surface area contributed by atoms with Crippen molar-refractivity contribution in [3.63, 3.8) is 0 Å². The van der Waals surface area contributed by atoms with E-state index >= 15 is 0 Å². The minimum atomic E-state index is -2.63. The minimum Gasteiger partial charge on any atom is -0.337 e. The molecule has 2 heterocycles. The second-order valence-electron chi connectivity index (χ2n) is 6.37. The first kappa shape index (κ1) is 13.5. The number of alkyl halides is 2. The van der Waals surface area contributed by atoms with Gasteiger partial charge in [-0.2, -0.15) is 5.10 Å². The summed E-state index contributed by atoms with van der Waals surface area (Å²) < 4.78 is 29.1. The van der Waals surface area contributed by atoms with Crippen molar-refractivity contribution in [2.45, 2.75) is 39.2 Å². The summed E-state index contributed by atoms with van der Waals surface area (Å²) in [5, 5.41) is 4.22. The van der Waals surface area contributed by atoms with Crippen LogP contribution in [-0.4, -0.2) is 39.6 Å². The van der Waals surface area contributed by atoms with E-state index in [4.69, 9.17) is 0 Å². The Morgan fingerprint density at radius 3 is 2.75 bits per heavy atom. The van der Waals surface area contributed by atoms with Gasteiger partial charge in [-0.25, -0.2) is 8.78 Å². The third kappa shape index (κ3) is 1.70. The molecule has 1 aliphatic heterocycles. The Morgan fingerprint density at radius 2 is 2.20 bits per heavy atom. The zero-order chi connectivity index (χ0) is 14.7. The van der Waals surface area contributed by atoms with E-state index in [-0.39, 0.29) is 18.5 Å². The number of piperidine rings is 1. The fraction of sp³-hybridized carbons (Fsp3) is 0.714. The van der Waals surface area contributed by atoms with Crippen LogP contribution >= 0.6 is 0 Å². The van der Waals surface area contributed by atoms with Crippen LogP contribution in [0.1, 0.15) is 43.7 Å². The average Bonchev–Trinajstić information content (AvgIpc) is 2.76. The van der Waals surface area contributed by atoms with Crippen molar-refractivity contribution in [2.75, 3.05) is 13.1 Å². The van der Waals surface area contributed by atoms with Crippen molar-refractivity contribution < 1.29 is 13.6 Å². The molecule has 1 aliphatic carbocycles. The molecular weight excluding hydrogens is 264 g/mol. The third-order valence-electron chi connectivity index (χ3n) is 4.83. The van der Waals surface area contributed by atoms with Gasteiger partial charge in [0.25, 0.3) is 11.8 Å². The molecule has 1 aromatic rings. The molecule has 1 amide bonds. The van der Waals surface area contributed by atoms with E-state index in [1.807, 2.05) is 13.8 Å². The van der Waals surface area contributed by atoms with Gasteiger partial charge in [-0.05, 0) is 26.3 Å². The van der Waals surface area contributed by atoms with Crippen molar-refractivity contribution in [1.29, 1.82) is 0 Å². The number of carbonyl (C=O) groups is 1. The highest BCUT2D eigenvalue weighted by molar-refractivity contribution is 5.92. The fourth-order valence-electron chi connectivity index (χ4n) is 3.10. The predicted octanol–water partition coefficient (Wildman–Crippen LogP) is 2.58. The van der Waals surface area contributed by atoms with Crippen LogP contribution in [0.5, 0.6) is 0 Å². The topological polar surface area (TPSA) is 38.1 Å². The molecule has 3 rings (SSSR count). The van der Waals surface area contributed by atoms with E-state index in [1.54, 1.807) is 23.9 Å². The summed E-state index contributed by atoms with van der Waals surface area (Å²) in [6.45, 7) is 6.08. The van der Waals surface area contributed by atoms with Gasteiger partial charge in [0, 0.05) is 30.7 Å². The smallest absolute Gasteiger partial charge is 0.274 e. The molecule has 0 unspecified atom stereocenters. The van der Waals surface area contributed by atoms with Crippen LogP contribution in [0.3, 0.4) is 0 Å². The van der Waals surface area contributed by atoms with Crippen LogP contribution in [0.25, 0.3) is 0 Å². The number of fused-ring (bicyclic) bond motifs is 1. The highest BCUT2D eigenvalue weighted by Crippen LogP contribution is 2.69. The molecule has 2 atom stereocenters. The summed E-state index contributed by atoms with van der Waals surface area (Å²) in [5.41, 5.74) is -0.563. The number of halogens is 2. The summed E-state index contributed by atoms with van der Waals surface area (Å²) in [5.74, 6) is -3.56. The molecule has 0 bridgehead atoms. The zero-order valence-corrected chi connectivity index (χ0v) is 11.9. The molecule has 6 heteroatoms. The van der Waals surface area contributed by atoms with Gasteiger partial charge in [0.2, 0.25) is 0 Å². The largest absolute Gasteiger partial charge is 0.337 e. The first-order valence-corrected chi connectivity index (χ1v) is 6.99. The van der Waals surface area contributed by atoms with Gasteiger partial charge in [0.05, 0.1) is 5.92 Å². The molecule has 0 spiro atoms. The summed E-state index contributed by atoms with van der Waals surface area (Å²) in [4.78, 5) is 13.8. The molecule has 110 valence electrons. The van der Waals surface area contributed by atoms with E-state index in [1.165, 1.54) is 4.90 Å². The Labute approximate surface area is 116 Å². The number of aromatic nitrogens is 2. The Hall–Kier alpha value is -1.46. The zero-order valence-electron chi connectivity index (χ0n) is 11.9. The van der Waals surface area contributed by atoms with Crippen LogP contribution in [0.15, 0.2) is 12.3 Å². The molecule has 1 aromatic heterocycles. The quantitative estimate of drug-likeness (QED) is 0.836. The maximum absolute atomic E-state index is 13.7. The molecular formula is C14H19F2N3O. The van der Waals surface area contributed by atoms with Gasteiger partial charge < -0.3 is 4.90 Å². The van der Waals surface area contributed by atoms with Gasteiger partial charge >= 0.3 is 0 Å². The van der Waals surface area contributed by atoms with E-state index in [0.717, 1.165) is 0 Å². The molecule has 4 nitrogen and oxygen atoms in total. The summed E-state index contributed by atoms with van der Waals surface area (Å²) in [6, 6.07) is 1.83. The molecule has 0 radical (unpaired) electrons. The third-order valence-corrected chi connectivity index (χ3v) is 4.83. The lowest BCUT2D eigenvalue weighted by molar-refractivity contribution is 0.0635. The lowest BCUT2D eigenvalue weighted by atomic mass is 9.97. The normalized spacial score (nSPS) is 31.3. The van der Waals surface area contributed by atoms with Crippen molar-refractivity contribution >= 4 is 5.91 Å². The Bertz CT molecular complexity index is 554. The second kappa shape index (κ2) is 4.02. The number of nitrogens with zero attached hydrogens (tertiary/aromatic N) is 3. The monoisotopic (exact) mass is 283 g/mol. The van der Waals surface area contributed by atoms with Crippen molar-refractivity contribution in [1.82, 2.24) is 14.7 Å². The highest BCUT2D eigenvalue weighted by Gasteiger charge is 2.78. The van der Waals surface area contributed by atoms with E-state index in [9.17, 15) is 13.6 Å². The number of carbonyl (C=O) groups excluding carboxylic acids is 1. The van der Waals surface area contributed by atoms with E-state index in [0.29, 0.717) is 18.7 Å². The maximum atomic E-state index is 13.7. The van der Waals surface area contributed by atoms with Crippen LogP contribution in [0.2, 0.25) is 0 Å². The van der Waals surface area contributed by atoms with Crippen LogP contribution in [-0.2, 0) is 0 Å². The summed E-state index contributed by atoms with van der Waals surface area (Å²) in [6.07, 6.45) is 2.11. The van der Waals surface area contributed by atoms with Gasteiger partial charge in [0.1, 0.15) is 5.69 Å². The molecule has 1 saturated heterocycles. The molecule has 0 aromatic carbocycles. The fourth-order valence-corrected chi connectivity index (χ4v) is 3.10. The number of amides is 1. The van der Waals surface area contributed by atoms with Gasteiger partial charge in [-0.15, -0.1) is 0 Å². The van der Waals surface area contributed by atoms with E-state index < -0.39 is 17.3 Å². The van der Waals surface area contributed by atoms with E-state index in [2.05, 4.69) is 5.10 Å². The van der Waals surface area contributed by atoms with Crippen LogP contribution in [0.4, 0.5) is 8.78 Å². The molecule has 2 fully saturated rings. The SMILES string of the molecule is CC(C)n1ccc(C(=O)N2CC[C@]3(C)[C@H](C2)C3(F)F)n1. The number of rotatable bonds is 2.